The Balaban J connectivity index is 1.77. The average molecular weight is 291 g/mol. The fourth-order valence-corrected chi connectivity index (χ4v) is 2.56. The van der Waals surface area contributed by atoms with Crippen molar-refractivity contribution in [3.63, 3.8) is 0 Å². The lowest BCUT2D eigenvalue weighted by atomic mass is 9.87. The third kappa shape index (κ3) is 5.33. The van der Waals surface area contributed by atoms with Crippen LogP contribution in [0.4, 0.5) is 0 Å². The Morgan fingerprint density at radius 3 is 2.86 bits per heavy atom. The second-order valence-corrected chi connectivity index (χ2v) is 7.00. The molecule has 1 aromatic carbocycles. The highest BCUT2D eigenvalue weighted by molar-refractivity contribution is 5.32. The van der Waals surface area contributed by atoms with Gasteiger partial charge in [0.15, 0.2) is 0 Å². The van der Waals surface area contributed by atoms with Crippen LogP contribution in [0.3, 0.4) is 0 Å². The van der Waals surface area contributed by atoms with Gasteiger partial charge in [0.25, 0.3) is 0 Å². The molecule has 0 saturated carbocycles. The van der Waals surface area contributed by atoms with Gasteiger partial charge >= 0.3 is 0 Å². The molecule has 2 unspecified atom stereocenters. The first-order valence-electron chi connectivity index (χ1n) is 8.04. The Morgan fingerprint density at radius 1 is 1.38 bits per heavy atom. The first-order valence-corrected chi connectivity index (χ1v) is 8.04. The zero-order chi connectivity index (χ0) is 15.3. The highest BCUT2D eigenvalue weighted by Gasteiger charge is 2.16. The maximum atomic E-state index is 6.01. The number of hydrogen-bond donors (Lipinski definition) is 1. The number of benzene rings is 1. The van der Waals surface area contributed by atoms with Crippen LogP contribution in [0.5, 0.6) is 5.75 Å². The molecule has 21 heavy (non-hydrogen) atoms. The van der Waals surface area contributed by atoms with Gasteiger partial charge in [-0.15, -0.1) is 0 Å². The van der Waals surface area contributed by atoms with E-state index in [-0.39, 0.29) is 11.5 Å². The largest absolute Gasteiger partial charge is 0.489 e. The van der Waals surface area contributed by atoms with Crippen LogP contribution in [0.2, 0.25) is 0 Å². The van der Waals surface area contributed by atoms with E-state index in [0.717, 1.165) is 25.4 Å². The van der Waals surface area contributed by atoms with E-state index in [1.165, 1.54) is 18.4 Å². The predicted molar refractivity (Wildman–Crippen MR) is 87.1 cm³/mol. The standard InChI is InChI=1S/C18H29NO2/c1-14(12-19-13-17-9-6-10-20-17)21-16-8-5-7-15(11-16)18(2,3)4/h5,7-8,11,14,17,19H,6,9-10,12-13H2,1-4H3. The van der Waals surface area contributed by atoms with Gasteiger partial charge in [0.2, 0.25) is 0 Å². The Kier molecular flexibility index (Phi) is 5.65. The van der Waals surface area contributed by atoms with E-state index >= 15 is 0 Å². The molecular formula is C18H29NO2. The number of rotatable bonds is 6. The first kappa shape index (κ1) is 16.3. The van der Waals surface area contributed by atoms with Crippen molar-refractivity contribution < 1.29 is 9.47 Å². The van der Waals surface area contributed by atoms with Crippen LogP contribution in [0, 0.1) is 0 Å². The van der Waals surface area contributed by atoms with Gasteiger partial charge in [0.1, 0.15) is 11.9 Å². The van der Waals surface area contributed by atoms with E-state index in [1.807, 2.05) is 6.07 Å². The van der Waals surface area contributed by atoms with Gasteiger partial charge in [-0.05, 0) is 42.9 Å². The molecule has 1 saturated heterocycles. The number of hydrogen-bond acceptors (Lipinski definition) is 3. The summed E-state index contributed by atoms with van der Waals surface area (Å²) in [7, 11) is 0. The fraction of sp³-hybridized carbons (Fsp3) is 0.667. The van der Waals surface area contributed by atoms with E-state index in [9.17, 15) is 0 Å². The lowest BCUT2D eigenvalue weighted by Crippen LogP contribution is -2.34. The quantitative estimate of drug-likeness (QED) is 0.870. The summed E-state index contributed by atoms with van der Waals surface area (Å²) in [6, 6.07) is 8.41. The summed E-state index contributed by atoms with van der Waals surface area (Å²) in [5.41, 5.74) is 1.46. The Morgan fingerprint density at radius 2 is 2.19 bits per heavy atom. The smallest absolute Gasteiger partial charge is 0.120 e. The minimum absolute atomic E-state index is 0.153. The summed E-state index contributed by atoms with van der Waals surface area (Å²) in [5.74, 6) is 0.953. The van der Waals surface area contributed by atoms with Crippen LogP contribution in [-0.4, -0.2) is 31.9 Å². The van der Waals surface area contributed by atoms with Crippen LogP contribution in [0.1, 0.15) is 46.1 Å². The van der Waals surface area contributed by atoms with Crippen molar-refractivity contribution in [3.8, 4) is 5.75 Å². The topological polar surface area (TPSA) is 30.5 Å². The average Bonchev–Trinajstić information content (AvgIpc) is 2.91. The van der Waals surface area contributed by atoms with Gasteiger partial charge < -0.3 is 14.8 Å². The molecule has 1 aliphatic rings. The Hall–Kier alpha value is -1.06. The van der Waals surface area contributed by atoms with Crippen LogP contribution in [0.15, 0.2) is 24.3 Å². The van der Waals surface area contributed by atoms with Gasteiger partial charge in [0.05, 0.1) is 6.10 Å². The van der Waals surface area contributed by atoms with Crippen molar-refractivity contribution in [2.24, 2.45) is 0 Å². The van der Waals surface area contributed by atoms with Gasteiger partial charge in [0, 0.05) is 19.7 Å². The summed E-state index contributed by atoms with van der Waals surface area (Å²) in [5, 5.41) is 3.44. The molecule has 3 nitrogen and oxygen atoms in total. The molecule has 1 N–H and O–H groups in total. The summed E-state index contributed by atoms with van der Waals surface area (Å²) >= 11 is 0. The summed E-state index contributed by atoms with van der Waals surface area (Å²) in [6.45, 7) is 11.5. The van der Waals surface area contributed by atoms with Crippen molar-refractivity contribution in [3.05, 3.63) is 29.8 Å². The molecule has 3 heteroatoms. The minimum atomic E-state index is 0.153. The van der Waals surface area contributed by atoms with Crippen LogP contribution in [-0.2, 0) is 10.2 Å². The normalized spacial score (nSPS) is 20.5. The number of ether oxygens (including phenoxy) is 2. The highest BCUT2D eigenvalue weighted by atomic mass is 16.5. The molecule has 2 atom stereocenters. The third-order valence-electron chi connectivity index (χ3n) is 3.87. The second kappa shape index (κ2) is 7.28. The maximum absolute atomic E-state index is 6.01. The van der Waals surface area contributed by atoms with Crippen molar-refractivity contribution in [2.45, 2.75) is 58.2 Å². The lowest BCUT2D eigenvalue weighted by Gasteiger charge is -2.21. The van der Waals surface area contributed by atoms with E-state index in [4.69, 9.17) is 9.47 Å². The van der Waals surface area contributed by atoms with Crippen LogP contribution < -0.4 is 10.1 Å². The molecule has 0 spiro atoms. The predicted octanol–water partition coefficient (Wildman–Crippen LogP) is 3.52. The van der Waals surface area contributed by atoms with Crippen molar-refractivity contribution in [1.82, 2.24) is 5.32 Å². The molecule has 0 aromatic heterocycles. The van der Waals surface area contributed by atoms with Crippen molar-refractivity contribution in [2.75, 3.05) is 19.7 Å². The van der Waals surface area contributed by atoms with Crippen molar-refractivity contribution >= 4 is 0 Å². The zero-order valence-electron chi connectivity index (χ0n) is 13.8. The molecule has 118 valence electrons. The molecule has 1 aliphatic heterocycles. The lowest BCUT2D eigenvalue weighted by molar-refractivity contribution is 0.106. The second-order valence-electron chi connectivity index (χ2n) is 7.00. The fourth-order valence-electron chi connectivity index (χ4n) is 2.56. The molecule has 0 bridgehead atoms. The SMILES string of the molecule is CC(CNCC1CCCO1)Oc1cccc(C(C)(C)C)c1. The van der Waals surface area contributed by atoms with E-state index in [2.05, 4.69) is 51.2 Å². The van der Waals surface area contributed by atoms with E-state index in [0.29, 0.717) is 6.10 Å². The molecule has 1 fully saturated rings. The Bertz CT molecular complexity index is 433. The first-order chi connectivity index (χ1) is 9.95. The maximum Gasteiger partial charge on any atom is 0.120 e. The van der Waals surface area contributed by atoms with Crippen molar-refractivity contribution in [1.29, 1.82) is 0 Å². The minimum Gasteiger partial charge on any atom is -0.489 e. The van der Waals surface area contributed by atoms with Gasteiger partial charge in [-0.2, -0.15) is 0 Å². The molecule has 0 amide bonds. The Labute approximate surface area is 129 Å². The molecule has 2 rings (SSSR count). The zero-order valence-corrected chi connectivity index (χ0v) is 13.8. The third-order valence-corrected chi connectivity index (χ3v) is 3.87. The summed E-state index contributed by atoms with van der Waals surface area (Å²) < 4.78 is 11.6. The molecule has 1 aromatic rings. The molecule has 0 radical (unpaired) electrons. The van der Waals surface area contributed by atoms with Crippen LogP contribution >= 0.6 is 0 Å². The van der Waals surface area contributed by atoms with Crippen LogP contribution in [0.25, 0.3) is 0 Å². The van der Waals surface area contributed by atoms with Gasteiger partial charge in [-0.3, -0.25) is 0 Å². The van der Waals surface area contributed by atoms with Gasteiger partial charge in [-0.1, -0.05) is 32.9 Å². The summed E-state index contributed by atoms with van der Waals surface area (Å²) in [6.07, 6.45) is 2.91. The number of nitrogens with one attached hydrogen (secondary N) is 1. The summed E-state index contributed by atoms with van der Waals surface area (Å²) in [4.78, 5) is 0. The highest BCUT2D eigenvalue weighted by Crippen LogP contribution is 2.26. The van der Waals surface area contributed by atoms with Gasteiger partial charge in [-0.25, -0.2) is 0 Å². The van der Waals surface area contributed by atoms with E-state index in [1.54, 1.807) is 0 Å². The molecule has 0 aliphatic carbocycles. The molecule has 1 heterocycles. The monoisotopic (exact) mass is 291 g/mol. The molecular weight excluding hydrogens is 262 g/mol. The van der Waals surface area contributed by atoms with E-state index < -0.39 is 0 Å².